The first kappa shape index (κ1) is 23.9. The summed E-state index contributed by atoms with van der Waals surface area (Å²) < 4.78 is 40.8. The molecule has 3 N–H and O–H groups in total. The second-order valence-corrected chi connectivity index (χ2v) is 7.37. The second kappa shape index (κ2) is 10.6. The van der Waals surface area contributed by atoms with Crippen molar-refractivity contribution in [2.75, 3.05) is 6.54 Å². The molecular weight excluding hydrogens is 421 g/mol. The summed E-state index contributed by atoms with van der Waals surface area (Å²) >= 11 is 6.03. The van der Waals surface area contributed by atoms with Crippen molar-refractivity contribution in [3.8, 4) is 0 Å². The summed E-state index contributed by atoms with van der Waals surface area (Å²) in [4.78, 5) is 32.7. The Balaban J connectivity index is 2.18. The van der Waals surface area contributed by atoms with Crippen LogP contribution < -0.4 is 11.1 Å². The fourth-order valence-electron chi connectivity index (χ4n) is 3.35. The van der Waals surface area contributed by atoms with Gasteiger partial charge in [-0.1, -0.05) is 37.8 Å². The van der Waals surface area contributed by atoms with Crippen LogP contribution in [0.4, 0.5) is 13.2 Å². The first-order valence-corrected chi connectivity index (χ1v) is 10.1. The van der Waals surface area contributed by atoms with E-state index in [0.29, 0.717) is 31.0 Å². The molecule has 1 aliphatic rings. The zero-order valence-corrected chi connectivity index (χ0v) is 17.3. The highest BCUT2D eigenvalue weighted by Crippen LogP contribution is 2.27. The molecule has 1 saturated carbocycles. The van der Waals surface area contributed by atoms with Crippen molar-refractivity contribution in [2.45, 2.75) is 57.7 Å². The number of alkyl halides is 3. The van der Waals surface area contributed by atoms with Crippen molar-refractivity contribution < 1.29 is 22.8 Å². The number of hydrogen-bond acceptors (Lipinski definition) is 5. The Bertz CT molecular complexity index is 847. The Labute approximate surface area is 177 Å². The van der Waals surface area contributed by atoms with E-state index < -0.39 is 41.7 Å². The average Bonchev–Trinajstić information content (AvgIpc) is 2.71. The summed E-state index contributed by atoms with van der Waals surface area (Å²) in [5, 5.41) is 2.31. The molecule has 0 saturated heterocycles. The van der Waals surface area contributed by atoms with Crippen LogP contribution >= 0.6 is 11.6 Å². The van der Waals surface area contributed by atoms with Gasteiger partial charge in [0, 0.05) is 24.2 Å². The Morgan fingerprint density at radius 3 is 2.53 bits per heavy atom. The van der Waals surface area contributed by atoms with E-state index in [-0.39, 0.29) is 10.6 Å². The molecule has 1 heterocycles. The van der Waals surface area contributed by atoms with Crippen LogP contribution in [0.25, 0.3) is 0 Å². The van der Waals surface area contributed by atoms with Crippen molar-refractivity contribution in [1.82, 2.24) is 10.3 Å². The third-order valence-corrected chi connectivity index (χ3v) is 5.16. The molecule has 1 aliphatic carbocycles. The minimum atomic E-state index is -4.85. The van der Waals surface area contributed by atoms with Gasteiger partial charge in [-0.3, -0.25) is 19.6 Å². The lowest BCUT2D eigenvalue weighted by Crippen LogP contribution is -2.38. The maximum atomic E-state index is 13.6. The predicted octanol–water partition coefficient (Wildman–Crippen LogP) is 3.77. The van der Waals surface area contributed by atoms with Crippen molar-refractivity contribution in [2.24, 2.45) is 10.7 Å². The van der Waals surface area contributed by atoms with Gasteiger partial charge in [0.05, 0.1) is 23.2 Å². The van der Waals surface area contributed by atoms with Crippen LogP contribution in [0.5, 0.6) is 0 Å². The number of halogens is 4. The number of pyridine rings is 1. The zero-order chi connectivity index (χ0) is 22.3. The number of carbonyl (C=O) groups excluding carboxylic acids is 2. The zero-order valence-electron chi connectivity index (χ0n) is 16.6. The molecule has 0 aromatic carbocycles. The molecule has 1 aromatic heterocycles. The summed E-state index contributed by atoms with van der Waals surface area (Å²) in [6.07, 6.45) is 2.54. The Hall–Kier alpha value is -2.42. The molecule has 1 amide bonds. The van der Waals surface area contributed by atoms with Crippen LogP contribution in [0.3, 0.4) is 0 Å². The lowest BCUT2D eigenvalue weighted by Gasteiger charge is -2.21. The normalized spacial score (nSPS) is 16.4. The van der Waals surface area contributed by atoms with E-state index in [1.165, 1.54) is 12.4 Å². The molecule has 1 aromatic rings. The number of aromatic nitrogens is 1. The molecule has 0 bridgehead atoms. The summed E-state index contributed by atoms with van der Waals surface area (Å²) in [6, 6.07) is -0.512. The van der Waals surface area contributed by atoms with Gasteiger partial charge in [-0.15, -0.1) is 0 Å². The van der Waals surface area contributed by atoms with E-state index in [1.807, 2.05) is 0 Å². The number of nitrogens with one attached hydrogen (secondary N) is 1. The largest absolute Gasteiger partial charge is 0.433 e. The van der Waals surface area contributed by atoms with Crippen molar-refractivity contribution in [1.29, 1.82) is 0 Å². The fourth-order valence-corrected chi connectivity index (χ4v) is 3.63. The van der Waals surface area contributed by atoms with Crippen LogP contribution in [0.2, 0.25) is 5.02 Å². The van der Waals surface area contributed by atoms with E-state index in [9.17, 15) is 22.8 Å². The van der Waals surface area contributed by atoms with Crippen molar-refractivity contribution in [3.05, 3.63) is 40.3 Å². The topological polar surface area (TPSA) is 97.4 Å². The predicted molar refractivity (Wildman–Crippen MR) is 109 cm³/mol. The Morgan fingerprint density at radius 1 is 1.30 bits per heavy atom. The van der Waals surface area contributed by atoms with Crippen LogP contribution in [-0.2, 0) is 11.2 Å². The quantitative estimate of drug-likeness (QED) is 0.380. The van der Waals surface area contributed by atoms with Gasteiger partial charge in [-0.2, -0.15) is 13.2 Å². The van der Waals surface area contributed by atoms with Crippen LogP contribution in [-0.4, -0.2) is 41.1 Å². The summed E-state index contributed by atoms with van der Waals surface area (Å²) in [5.74, 6) is -1.66. The molecule has 0 unspecified atom stereocenters. The number of Topliss-reactive ketones (excluding diaryl/α,β-unsaturated/α-hetero) is 1. The van der Waals surface area contributed by atoms with E-state index in [2.05, 4.69) is 15.3 Å². The van der Waals surface area contributed by atoms with E-state index in [4.69, 9.17) is 17.3 Å². The van der Waals surface area contributed by atoms with Gasteiger partial charge in [-0.25, -0.2) is 0 Å². The summed E-state index contributed by atoms with van der Waals surface area (Å²) in [6.45, 7) is 1.26. The molecule has 6 nitrogen and oxygen atoms in total. The smallest absolute Gasteiger partial charge is 0.404 e. The average molecular weight is 445 g/mol. The SMILES string of the molecule is CCc1cncc(Cl)c1C(=O)CNC(=O)C(=CN)C(=NC1CCCCC1)C(F)(F)F. The number of rotatable bonds is 7. The molecule has 10 heteroatoms. The lowest BCUT2D eigenvalue weighted by atomic mass is 9.95. The second-order valence-electron chi connectivity index (χ2n) is 6.96. The van der Waals surface area contributed by atoms with E-state index in [0.717, 1.165) is 19.3 Å². The van der Waals surface area contributed by atoms with Gasteiger partial charge in [0.15, 0.2) is 11.5 Å². The number of nitrogens with two attached hydrogens (primary N) is 1. The molecule has 0 radical (unpaired) electrons. The number of amides is 1. The fraction of sp³-hybridized carbons (Fsp3) is 0.500. The van der Waals surface area contributed by atoms with Gasteiger partial charge >= 0.3 is 6.18 Å². The molecule has 0 aliphatic heterocycles. The molecule has 0 spiro atoms. The van der Waals surface area contributed by atoms with E-state index >= 15 is 0 Å². The third kappa shape index (κ3) is 6.04. The van der Waals surface area contributed by atoms with Gasteiger partial charge < -0.3 is 11.1 Å². The van der Waals surface area contributed by atoms with Crippen molar-refractivity contribution in [3.63, 3.8) is 0 Å². The van der Waals surface area contributed by atoms with Crippen molar-refractivity contribution >= 4 is 29.0 Å². The molecule has 1 fully saturated rings. The Morgan fingerprint density at radius 2 is 1.97 bits per heavy atom. The first-order valence-electron chi connectivity index (χ1n) is 9.70. The molecule has 0 atom stereocenters. The van der Waals surface area contributed by atoms with Gasteiger partial charge in [0.25, 0.3) is 5.91 Å². The molecule has 164 valence electrons. The minimum Gasteiger partial charge on any atom is -0.404 e. The van der Waals surface area contributed by atoms with Gasteiger partial charge in [0.1, 0.15) is 0 Å². The molecule has 2 rings (SSSR count). The summed E-state index contributed by atoms with van der Waals surface area (Å²) in [7, 11) is 0. The summed E-state index contributed by atoms with van der Waals surface area (Å²) in [5.41, 5.74) is 3.97. The number of nitrogens with zero attached hydrogens (tertiary/aromatic N) is 2. The number of aryl methyl sites for hydroxylation is 1. The van der Waals surface area contributed by atoms with E-state index in [1.54, 1.807) is 6.92 Å². The standard InChI is InChI=1S/C20H24ClF3N4O2/c1-2-12-9-26-10-15(21)17(12)16(29)11-27-19(30)14(8-25)18(20(22,23)24)28-13-6-4-3-5-7-13/h8-10,13H,2-7,11,25H2,1H3,(H,27,30). The van der Waals surface area contributed by atoms with Crippen LogP contribution in [0.1, 0.15) is 54.9 Å². The lowest BCUT2D eigenvalue weighted by molar-refractivity contribution is -0.117. The number of ketones is 1. The van der Waals surface area contributed by atoms with Gasteiger partial charge in [0.2, 0.25) is 0 Å². The minimum absolute atomic E-state index is 0.109. The monoisotopic (exact) mass is 444 g/mol. The highest BCUT2D eigenvalue weighted by Gasteiger charge is 2.41. The maximum Gasteiger partial charge on any atom is 0.433 e. The third-order valence-electron chi connectivity index (χ3n) is 4.87. The maximum absolute atomic E-state index is 13.6. The Kier molecular flexibility index (Phi) is 8.40. The van der Waals surface area contributed by atoms with Crippen LogP contribution in [0.15, 0.2) is 29.2 Å². The van der Waals surface area contributed by atoms with Crippen LogP contribution in [0, 0.1) is 0 Å². The van der Waals surface area contributed by atoms with Gasteiger partial charge in [-0.05, 0) is 24.8 Å². The number of aliphatic imine (C=N–C) groups is 1. The molecule has 30 heavy (non-hydrogen) atoms. The highest BCUT2D eigenvalue weighted by molar-refractivity contribution is 6.34. The first-order chi connectivity index (χ1) is 14.2. The molecular formula is C20H24ClF3N4O2. The number of hydrogen-bond donors (Lipinski definition) is 2. The number of carbonyl (C=O) groups is 2. The highest BCUT2D eigenvalue weighted by atomic mass is 35.5.